The van der Waals surface area contributed by atoms with Crippen LogP contribution in [0, 0.1) is 17.4 Å². The summed E-state index contributed by atoms with van der Waals surface area (Å²) in [5.41, 5.74) is 3.84. The van der Waals surface area contributed by atoms with Gasteiger partial charge in [0.25, 0.3) is 0 Å². The number of nitrogens with one attached hydrogen (secondary N) is 1. The maximum atomic E-state index is 11.8. The van der Waals surface area contributed by atoms with Crippen LogP contribution >= 0.6 is 33.9 Å². The number of hydrogen-bond acceptors (Lipinski definition) is 5. The lowest BCUT2D eigenvalue weighted by molar-refractivity contribution is 0.854. The van der Waals surface area contributed by atoms with Crippen molar-refractivity contribution in [3.63, 3.8) is 0 Å². The molecule has 3 rings (SSSR count). The van der Waals surface area contributed by atoms with Crippen molar-refractivity contribution in [3.05, 3.63) is 55.0 Å². The Hall–Kier alpha value is -1.74. The van der Waals surface area contributed by atoms with Crippen molar-refractivity contribution in [1.29, 1.82) is 0 Å². The van der Waals surface area contributed by atoms with E-state index in [1.807, 2.05) is 19.1 Å². The molecule has 118 valence electrons. The second-order valence-corrected chi connectivity index (χ2v) is 7.32. The molecule has 3 aromatic rings. The summed E-state index contributed by atoms with van der Waals surface area (Å²) in [6, 6.07) is 7.93. The van der Waals surface area contributed by atoms with Crippen LogP contribution in [-0.4, -0.2) is 14.5 Å². The third-order valence-corrected chi connectivity index (χ3v) is 5.93. The molecule has 0 atom stereocenters. The van der Waals surface area contributed by atoms with Gasteiger partial charge < -0.3 is 9.88 Å². The van der Waals surface area contributed by atoms with Gasteiger partial charge in [-0.2, -0.15) is 0 Å². The molecular weight excluding hydrogens is 423 g/mol. The zero-order valence-corrected chi connectivity index (χ0v) is 15.9. The molecular formula is C16H15IN4OS. The lowest BCUT2D eigenvalue weighted by Gasteiger charge is -2.08. The highest BCUT2D eigenvalue weighted by atomic mass is 127. The van der Waals surface area contributed by atoms with Crippen LogP contribution in [0.4, 0.5) is 11.6 Å². The summed E-state index contributed by atoms with van der Waals surface area (Å²) in [5, 5.41) is 3.22. The van der Waals surface area contributed by atoms with E-state index in [0.717, 1.165) is 22.0 Å². The summed E-state index contributed by atoms with van der Waals surface area (Å²) in [7, 11) is 1.77. The van der Waals surface area contributed by atoms with Crippen molar-refractivity contribution >= 4 is 45.6 Å². The number of aromatic nitrogens is 3. The van der Waals surface area contributed by atoms with E-state index in [0.29, 0.717) is 5.95 Å². The minimum Gasteiger partial charge on any atom is -0.324 e. The molecule has 0 saturated carbocycles. The van der Waals surface area contributed by atoms with Crippen LogP contribution in [0.5, 0.6) is 0 Å². The van der Waals surface area contributed by atoms with Crippen molar-refractivity contribution < 1.29 is 0 Å². The first-order valence-electron chi connectivity index (χ1n) is 6.98. The van der Waals surface area contributed by atoms with E-state index in [9.17, 15) is 4.79 Å². The third kappa shape index (κ3) is 3.30. The molecule has 0 saturated heterocycles. The molecule has 1 N–H and O–H groups in total. The first-order chi connectivity index (χ1) is 11.0. The van der Waals surface area contributed by atoms with Crippen LogP contribution < -0.4 is 10.2 Å². The number of thiazole rings is 1. The van der Waals surface area contributed by atoms with Crippen LogP contribution in [-0.2, 0) is 7.05 Å². The molecule has 0 amide bonds. The quantitative estimate of drug-likeness (QED) is 0.631. The Balaban J connectivity index is 1.95. The van der Waals surface area contributed by atoms with Gasteiger partial charge in [0.15, 0.2) is 0 Å². The molecule has 2 heterocycles. The maximum absolute atomic E-state index is 11.8. The van der Waals surface area contributed by atoms with E-state index in [1.54, 1.807) is 17.8 Å². The van der Waals surface area contributed by atoms with Gasteiger partial charge in [-0.25, -0.2) is 9.97 Å². The fourth-order valence-electron chi connectivity index (χ4n) is 2.10. The number of aryl methyl sites for hydroxylation is 1. The van der Waals surface area contributed by atoms with Gasteiger partial charge in [-0.1, -0.05) is 17.4 Å². The zero-order valence-electron chi connectivity index (χ0n) is 12.9. The van der Waals surface area contributed by atoms with Gasteiger partial charge in [0.05, 0.1) is 10.6 Å². The first kappa shape index (κ1) is 16.1. The Bertz CT molecular complexity index is 932. The second-order valence-electron chi connectivity index (χ2n) is 5.20. The minimum absolute atomic E-state index is 0.0127. The molecule has 1 aromatic carbocycles. The molecule has 7 heteroatoms. The summed E-state index contributed by atoms with van der Waals surface area (Å²) in [4.78, 5) is 21.5. The average molecular weight is 438 g/mol. The van der Waals surface area contributed by atoms with E-state index in [1.165, 1.54) is 20.5 Å². The molecule has 23 heavy (non-hydrogen) atoms. The van der Waals surface area contributed by atoms with E-state index in [-0.39, 0.29) is 4.87 Å². The van der Waals surface area contributed by atoms with Crippen LogP contribution in [0.3, 0.4) is 0 Å². The summed E-state index contributed by atoms with van der Waals surface area (Å²) in [5.74, 6) is 0.519. The topological polar surface area (TPSA) is 59.8 Å². The third-order valence-electron chi connectivity index (χ3n) is 3.61. The van der Waals surface area contributed by atoms with Gasteiger partial charge in [-0.15, -0.1) is 0 Å². The highest BCUT2D eigenvalue weighted by Crippen LogP contribution is 2.25. The van der Waals surface area contributed by atoms with Gasteiger partial charge in [-0.05, 0) is 60.2 Å². The van der Waals surface area contributed by atoms with Crippen LogP contribution in [0.1, 0.15) is 11.3 Å². The van der Waals surface area contributed by atoms with Crippen molar-refractivity contribution in [2.24, 2.45) is 7.05 Å². The zero-order chi connectivity index (χ0) is 16.6. The van der Waals surface area contributed by atoms with Gasteiger partial charge >= 0.3 is 4.87 Å². The Morgan fingerprint density at radius 2 is 2.04 bits per heavy atom. The highest BCUT2D eigenvalue weighted by Gasteiger charge is 2.12. The molecule has 0 fully saturated rings. The van der Waals surface area contributed by atoms with E-state index in [2.05, 4.69) is 56.9 Å². The molecule has 0 unspecified atom stereocenters. The fourth-order valence-corrected chi connectivity index (χ4v) is 3.57. The fraction of sp³-hybridized carbons (Fsp3) is 0.188. The molecule has 0 bridgehead atoms. The highest BCUT2D eigenvalue weighted by molar-refractivity contribution is 14.1. The van der Waals surface area contributed by atoms with E-state index >= 15 is 0 Å². The maximum Gasteiger partial charge on any atom is 0.307 e. The van der Waals surface area contributed by atoms with Crippen LogP contribution in [0.15, 0.2) is 35.3 Å². The summed E-state index contributed by atoms with van der Waals surface area (Å²) in [6.45, 7) is 3.99. The van der Waals surface area contributed by atoms with Crippen LogP contribution in [0.25, 0.3) is 10.6 Å². The number of benzene rings is 1. The SMILES string of the molecule is Cc1ccc(Nc2nccc(-c3sc(=O)n(C)c3C)n2)cc1I. The molecule has 0 aliphatic carbocycles. The molecule has 0 spiro atoms. The smallest absolute Gasteiger partial charge is 0.307 e. The summed E-state index contributed by atoms with van der Waals surface area (Å²) >= 11 is 3.50. The van der Waals surface area contributed by atoms with Gasteiger partial charge in [-0.3, -0.25) is 4.79 Å². The molecule has 0 aliphatic heterocycles. The molecule has 0 aliphatic rings. The number of nitrogens with zero attached hydrogens (tertiary/aromatic N) is 3. The van der Waals surface area contributed by atoms with Gasteiger partial charge in [0.2, 0.25) is 5.95 Å². The Morgan fingerprint density at radius 1 is 1.26 bits per heavy atom. The monoisotopic (exact) mass is 438 g/mol. The summed E-state index contributed by atoms with van der Waals surface area (Å²) < 4.78 is 2.82. The van der Waals surface area contributed by atoms with Crippen molar-refractivity contribution in [3.8, 4) is 10.6 Å². The summed E-state index contributed by atoms with van der Waals surface area (Å²) in [6.07, 6.45) is 1.70. The van der Waals surface area contributed by atoms with Crippen molar-refractivity contribution in [2.75, 3.05) is 5.32 Å². The van der Waals surface area contributed by atoms with Crippen LogP contribution in [0.2, 0.25) is 0 Å². The van der Waals surface area contributed by atoms with Crippen molar-refractivity contribution in [1.82, 2.24) is 14.5 Å². The average Bonchev–Trinajstić information content (AvgIpc) is 2.79. The first-order valence-corrected chi connectivity index (χ1v) is 8.88. The second kappa shape index (κ2) is 6.40. The van der Waals surface area contributed by atoms with E-state index < -0.39 is 0 Å². The molecule has 2 aromatic heterocycles. The Kier molecular flexibility index (Phi) is 4.49. The number of halogens is 1. The number of rotatable bonds is 3. The minimum atomic E-state index is 0.0127. The lowest BCUT2D eigenvalue weighted by Crippen LogP contribution is -2.08. The van der Waals surface area contributed by atoms with Gasteiger partial charge in [0.1, 0.15) is 0 Å². The Labute approximate surface area is 151 Å². The number of hydrogen-bond donors (Lipinski definition) is 1. The molecule has 5 nitrogen and oxygen atoms in total. The van der Waals surface area contributed by atoms with Gasteiger partial charge in [0, 0.05) is 28.2 Å². The standard InChI is InChI=1S/C16H15IN4OS/c1-9-4-5-11(8-12(9)17)19-15-18-7-6-13(20-15)14-10(2)21(3)16(22)23-14/h4-8H,1-3H3,(H,18,19,20). The lowest BCUT2D eigenvalue weighted by atomic mass is 10.2. The predicted molar refractivity (Wildman–Crippen MR) is 103 cm³/mol. The Morgan fingerprint density at radius 3 is 2.70 bits per heavy atom. The normalized spacial score (nSPS) is 10.8. The molecule has 0 radical (unpaired) electrons. The largest absolute Gasteiger partial charge is 0.324 e. The van der Waals surface area contributed by atoms with E-state index in [4.69, 9.17) is 0 Å². The van der Waals surface area contributed by atoms with Crippen molar-refractivity contribution in [2.45, 2.75) is 13.8 Å². The number of anilines is 2. The predicted octanol–water partition coefficient (Wildman–Crippen LogP) is 3.87.